The van der Waals surface area contributed by atoms with E-state index in [4.69, 9.17) is 27.9 Å². The highest BCUT2D eigenvalue weighted by atomic mass is 35.5. The van der Waals surface area contributed by atoms with Gasteiger partial charge in [-0.3, -0.25) is 19.7 Å². The molecule has 0 bridgehead atoms. The Labute approximate surface area is 177 Å². The third-order valence-electron chi connectivity index (χ3n) is 3.79. The van der Waals surface area contributed by atoms with Crippen LogP contribution in [0.3, 0.4) is 0 Å². The van der Waals surface area contributed by atoms with Gasteiger partial charge in [0, 0.05) is 12.1 Å². The minimum Gasteiger partial charge on any atom is -0.452 e. The molecule has 12 heteroatoms. The number of amides is 1. The average molecular weight is 465 g/mol. The van der Waals surface area contributed by atoms with E-state index in [0.717, 1.165) is 12.1 Å². The minimum atomic E-state index is -4.96. The number of nitro benzene ring substituents is 1. The molecule has 1 N–H and O–H groups in total. The maximum atomic E-state index is 13.2. The summed E-state index contributed by atoms with van der Waals surface area (Å²) in [7, 11) is 0. The van der Waals surface area contributed by atoms with Gasteiger partial charge in [0.2, 0.25) is 0 Å². The van der Waals surface area contributed by atoms with Crippen molar-refractivity contribution < 1.29 is 32.4 Å². The Hall–Kier alpha value is -2.85. The second-order valence-electron chi connectivity index (χ2n) is 6.03. The molecule has 2 aromatic rings. The third-order valence-corrected chi connectivity index (χ3v) is 4.53. The van der Waals surface area contributed by atoms with Gasteiger partial charge in [0.05, 0.1) is 32.6 Å². The third kappa shape index (κ3) is 6.07. The number of rotatable bonds is 6. The summed E-state index contributed by atoms with van der Waals surface area (Å²) in [5.41, 5.74) is -2.44. The molecule has 0 aliphatic carbocycles. The van der Waals surface area contributed by atoms with Crippen molar-refractivity contribution in [1.29, 1.82) is 0 Å². The summed E-state index contributed by atoms with van der Waals surface area (Å²) in [4.78, 5) is 33.9. The molecule has 7 nitrogen and oxygen atoms in total. The van der Waals surface area contributed by atoms with Crippen molar-refractivity contribution >= 4 is 46.5 Å². The summed E-state index contributed by atoms with van der Waals surface area (Å²) < 4.78 is 44.5. The topological polar surface area (TPSA) is 98.5 Å². The molecule has 0 saturated carbocycles. The first kappa shape index (κ1) is 23.4. The van der Waals surface area contributed by atoms with Crippen LogP contribution >= 0.6 is 23.2 Å². The van der Waals surface area contributed by atoms with E-state index in [0.29, 0.717) is 11.6 Å². The molecule has 2 rings (SSSR count). The number of nitro groups is 1. The Balaban J connectivity index is 2.08. The highest BCUT2D eigenvalue weighted by molar-refractivity contribution is 6.42. The van der Waals surface area contributed by atoms with Gasteiger partial charge in [-0.05, 0) is 30.7 Å². The van der Waals surface area contributed by atoms with E-state index >= 15 is 0 Å². The van der Waals surface area contributed by atoms with Gasteiger partial charge in [-0.1, -0.05) is 29.3 Å². The molecule has 0 aliphatic rings. The SMILES string of the molecule is CC(OC(=O)Cc1ccc(Cl)c(Cl)c1)C(=O)Nc1ccc([N+](=O)[O-])cc1C(F)(F)F. The van der Waals surface area contributed by atoms with E-state index < -0.39 is 46.0 Å². The van der Waals surface area contributed by atoms with Gasteiger partial charge >= 0.3 is 12.1 Å². The lowest BCUT2D eigenvalue weighted by Crippen LogP contribution is -2.31. The quantitative estimate of drug-likeness (QED) is 0.367. The van der Waals surface area contributed by atoms with Crippen molar-refractivity contribution in [2.75, 3.05) is 5.32 Å². The van der Waals surface area contributed by atoms with Crippen molar-refractivity contribution in [2.24, 2.45) is 0 Å². The molecule has 2 aromatic carbocycles. The Morgan fingerprint density at radius 2 is 1.83 bits per heavy atom. The zero-order chi connectivity index (χ0) is 22.6. The number of alkyl halides is 3. The van der Waals surface area contributed by atoms with Gasteiger partial charge in [0.1, 0.15) is 0 Å². The van der Waals surface area contributed by atoms with Crippen LogP contribution in [0.2, 0.25) is 10.0 Å². The number of nitrogens with one attached hydrogen (secondary N) is 1. The van der Waals surface area contributed by atoms with Gasteiger partial charge in [-0.25, -0.2) is 0 Å². The number of non-ortho nitro benzene ring substituents is 1. The molecule has 0 spiro atoms. The molecule has 1 atom stereocenters. The van der Waals surface area contributed by atoms with Crippen LogP contribution in [0.5, 0.6) is 0 Å². The Bertz CT molecular complexity index is 998. The number of nitrogens with zero attached hydrogens (tertiary/aromatic N) is 1. The van der Waals surface area contributed by atoms with Crippen molar-refractivity contribution in [3.8, 4) is 0 Å². The molecular weight excluding hydrogens is 452 g/mol. The first-order valence-electron chi connectivity index (χ1n) is 8.18. The van der Waals surface area contributed by atoms with Crippen molar-refractivity contribution in [3.05, 3.63) is 67.7 Å². The zero-order valence-corrected chi connectivity index (χ0v) is 16.6. The van der Waals surface area contributed by atoms with Crippen molar-refractivity contribution in [2.45, 2.75) is 25.6 Å². The summed E-state index contributed by atoms with van der Waals surface area (Å²) in [6.07, 6.45) is -6.64. The van der Waals surface area contributed by atoms with Crippen LogP contribution in [-0.4, -0.2) is 22.9 Å². The number of anilines is 1. The fraction of sp³-hybridized carbons (Fsp3) is 0.222. The lowest BCUT2D eigenvalue weighted by molar-refractivity contribution is -0.385. The van der Waals surface area contributed by atoms with Crippen molar-refractivity contribution in [3.63, 3.8) is 0 Å². The number of hydrogen-bond donors (Lipinski definition) is 1. The van der Waals surface area contributed by atoms with Crippen LogP contribution in [-0.2, 0) is 26.9 Å². The monoisotopic (exact) mass is 464 g/mol. The summed E-state index contributed by atoms with van der Waals surface area (Å²) in [5, 5.41) is 13.2. The molecule has 0 fully saturated rings. The minimum absolute atomic E-state index is 0.214. The second kappa shape index (κ2) is 9.31. The van der Waals surface area contributed by atoms with E-state index in [1.807, 2.05) is 5.32 Å². The van der Waals surface area contributed by atoms with Crippen molar-refractivity contribution in [1.82, 2.24) is 0 Å². The fourth-order valence-electron chi connectivity index (χ4n) is 2.33. The summed E-state index contributed by atoms with van der Waals surface area (Å²) in [5.74, 6) is -1.87. The summed E-state index contributed by atoms with van der Waals surface area (Å²) in [6, 6.07) is 6.29. The number of halogens is 5. The highest BCUT2D eigenvalue weighted by Gasteiger charge is 2.36. The predicted octanol–water partition coefficient (Wildman–Crippen LogP) is 5.03. The normalized spacial score (nSPS) is 12.2. The number of hydrogen-bond acceptors (Lipinski definition) is 5. The smallest absolute Gasteiger partial charge is 0.418 e. The van der Waals surface area contributed by atoms with Gasteiger partial charge in [0.15, 0.2) is 6.10 Å². The van der Waals surface area contributed by atoms with E-state index in [9.17, 15) is 32.9 Å². The first-order valence-corrected chi connectivity index (χ1v) is 8.94. The summed E-state index contributed by atoms with van der Waals surface area (Å²) in [6.45, 7) is 1.17. The maximum absolute atomic E-state index is 13.2. The standard InChI is InChI=1S/C18H13Cl2F3N2O5/c1-9(30-16(26)7-10-2-4-13(19)14(20)6-10)17(27)24-15-5-3-11(25(28)29)8-12(15)18(21,22)23/h2-6,8-9H,7H2,1H3,(H,24,27). The van der Waals surface area contributed by atoms with Gasteiger partial charge in [-0.2, -0.15) is 13.2 Å². The predicted molar refractivity (Wildman–Crippen MR) is 102 cm³/mol. The van der Waals surface area contributed by atoms with E-state index in [1.54, 1.807) is 0 Å². The molecule has 1 amide bonds. The molecule has 160 valence electrons. The van der Waals surface area contributed by atoms with Crippen LogP contribution in [0.25, 0.3) is 0 Å². The maximum Gasteiger partial charge on any atom is 0.418 e. The number of ether oxygens (including phenoxy) is 1. The number of carbonyl (C=O) groups excluding carboxylic acids is 2. The molecule has 0 saturated heterocycles. The second-order valence-corrected chi connectivity index (χ2v) is 6.85. The lowest BCUT2D eigenvalue weighted by atomic mass is 10.1. The molecule has 0 heterocycles. The highest BCUT2D eigenvalue weighted by Crippen LogP contribution is 2.37. The molecule has 0 aliphatic heterocycles. The van der Waals surface area contributed by atoms with Crippen LogP contribution in [0, 0.1) is 10.1 Å². The number of carbonyl (C=O) groups is 2. The lowest BCUT2D eigenvalue weighted by Gasteiger charge is -2.17. The molecule has 30 heavy (non-hydrogen) atoms. The molecular formula is C18H13Cl2F3N2O5. The fourth-order valence-corrected chi connectivity index (χ4v) is 2.65. The van der Waals surface area contributed by atoms with Crippen LogP contribution in [0.1, 0.15) is 18.1 Å². The Kier molecular flexibility index (Phi) is 7.27. The largest absolute Gasteiger partial charge is 0.452 e. The number of benzene rings is 2. The van der Waals surface area contributed by atoms with Gasteiger partial charge in [-0.15, -0.1) is 0 Å². The zero-order valence-electron chi connectivity index (χ0n) is 15.1. The summed E-state index contributed by atoms with van der Waals surface area (Å²) >= 11 is 11.6. The van der Waals surface area contributed by atoms with E-state index in [1.165, 1.54) is 25.1 Å². The molecule has 0 radical (unpaired) electrons. The van der Waals surface area contributed by atoms with Crippen LogP contribution < -0.4 is 5.32 Å². The first-order chi connectivity index (χ1) is 13.9. The molecule has 1 unspecified atom stereocenters. The van der Waals surface area contributed by atoms with Gasteiger partial charge in [0.25, 0.3) is 11.6 Å². The van der Waals surface area contributed by atoms with Gasteiger partial charge < -0.3 is 10.1 Å². The van der Waals surface area contributed by atoms with Crippen LogP contribution in [0.4, 0.5) is 24.5 Å². The Morgan fingerprint density at radius 1 is 1.17 bits per heavy atom. The number of esters is 1. The van der Waals surface area contributed by atoms with E-state index in [2.05, 4.69) is 0 Å². The molecule has 0 aromatic heterocycles. The van der Waals surface area contributed by atoms with Crippen LogP contribution in [0.15, 0.2) is 36.4 Å². The Morgan fingerprint density at radius 3 is 2.40 bits per heavy atom. The van der Waals surface area contributed by atoms with E-state index in [-0.39, 0.29) is 16.5 Å². The average Bonchev–Trinajstić information content (AvgIpc) is 2.63.